The van der Waals surface area contributed by atoms with Crippen molar-refractivity contribution in [2.45, 2.75) is 24.4 Å². The molecule has 0 aliphatic carbocycles. The van der Waals surface area contributed by atoms with Crippen LogP contribution in [0.2, 0.25) is 5.02 Å². The molecule has 2 aromatic carbocycles. The Hall–Kier alpha value is -2.33. The van der Waals surface area contributed by atoms with Gasteiger partial charge in [0.1, 0.15) is 18.3 Å². The molecule has 17 heteroatoms. The molecule has 0 saturated carbocycles. The van der Waals surface area contributed by atoms with Gasteiger partial charge in [0.15, 0.2) is 5.78 Å². The summed E-state index contributed by atoms with van der Waals surface area (Å²) in [5, 5.41) is 1.45. The zero-order chi connectivity index (χ0) is 30.8. The van der Waals surface area contributed by atoms with Crippen molar-refractivity contribution in [1.29, 1.82) is 0 Å². The number of benzene rings is 2. The maximum Gasteiger partial charge on any atom is 0.417 e. The molecule has 220 valence electrons. The van der Waals surface area contributed by atoms with Gasteiger partial charge in [-0.05, 0) is 61.7 Å². The fourth-order valence-corrected chi connectivity index (χ4v) is 4.56. The van der Waals surface area contributed by atoms with E-state index in [1.165, 1.54) is 5.32 Å². The molecule has 0 spiro atoms. The number of nitrogens with one attached hydrogen (secondary N) is 1. The van der Waals surface area contributed by atoms with Gasteiger partial charge in [0.05, 0.1) is 17.1 Å². The summed E-state index contributed by atoms with van der Waals surface area (Å²) in [6, 6.07) is 1.73. The monoisotopic (exact) mass is 734 g/mol. The van der Waals surface area contributed by atoms with E-state index in [0.29, 0.717) is 17.0 Å². The van der Waals surface area contributed by atoms with Crippen LogP contribution in [-0.2, 0) is 6.18 Å². The number of halogens is 13. The lowest BCUT2D eigenvalue weighted by molar-refractivity contribution is -0.140. The molecule has 40 heavy (non-hydrogen) atoms. The van der Waals surface area contributed by atoms with Crippen LogP contribution in [0, 0.1) is 0 Å². The lowest BCUT2D eigenvalue weighted by Crippen LogP contribution is -2.43. The normalized spacial score (nSPS) is 13.7. The summed E-state index contributed by atoms with van der Waals surface area (Å²) in [5.74, 6) is -5.69. The van der Waals surface area contributed by atoms with Crippen LogP contribution in [0.3, 0.4) is 0 Å². The molecule has 1 unspecified atom stereocenters. The maximum absolute atomic E-state index is 15.0. The Morgan fingerprint density at radius 2 is 1.55 bits per heavy atom. The molecule has 2 aromatic rings. The first-order valence-corrected chi connectivity index (χ1v) is 12.5. The van der Waals surface area contributed by atoms with Gasteiger partial charge in [-0.1, -0.05) is 23.7 Å². The summed E-state index contributed by atoms with van der Waals surface area (Å²) in [6.45, 7) is -2.86. The van der Waals surface area contributed by atoms with E-state index in [1.807, 2.05) is 0 Å². The van der Waals surface area contributed by atoms with Crippen LogP contribution in [0.4, 0.5) is 48.7 Å². The van der Waals surface area contributed by atoms with Gasteiger partial charge in [-0.15, -0.1) is 0 Å². The first kappa shape index (κ1) is 33.9. The molecule has 1 atom stereocenters. The second-order valence-corrected chi connectivity index (χ2v) is 10.2. The Balaban J connectivity index is 2.45. The smallest absolute Gasteiger partial charge is 0.329 e. The van der Waals surface area contributed by atoms with Crippen molar-refractivity contribution in [2.75, 3.05) is 20.1 Å². The summed E-state index contributed by atoms with van der Waals surface area (Å²) in [4.78, 5) is 24.6. The van der Waals surface area contributed by atoms with Crippen molar-refractivity contribution >= 4 is 61.1 Å². The standard InChI is InChI=1S/C23H15Br2ClF10N2O2/c1-38(20(40)37-9-21(28,29)30)8-18(39)12-3-2-10(4-14(12)23(34,35)36)17(27)7-13(22(31,32)33)11-5-15(24)19(26)16(25)6-11/h2-7,13H,8-9H2,1H3,(H,37,40)/b17-7-. The van der Waals surface area contributed by atoms with E-state index >= 15 is 0 Å². The number of likely N-dealkylation sites (N-methyl/N-ethyl adjacent to an activating group) is 1. The van der Waals surface area contributed by atoms with Crippen LogP contribution in [0.1, 0.15) is 33.0 Å². The number of hydrogen-bond acceptors (Lipinski definition) is 2. The number of Topliss-reactive ketones (excluding diaryl/α,β-unsaturated/α-hetero) is 1. The Labute approximate surface area is 241 Å². The van der Waals surface area contributed by atoms with Crippen molar-refractivity contribution in [3.8, 4) is 0 Å². The molecule has 0 aliphatic heterocycles. The van der Waals surface area contributed by atoms with Crippen molar-refractivity contribution in [2.24, 2.45) is 0 Å². The van der Waals surface area contributed by atoms with Crippen molar-refractivity contribution in [3.05, 3.63) is 72.6 Å². The molecule has 0 aromatic heterocycles. The average Bonchev–Trinajstić information content (AvgIpc) is 2.81. The minimum Gasteiger partial charge on any atom is -0.329 e. The minimum absolute atomic E-state index is 0.0210. The summed E-state index contributed by atoms with van der Waals surface area (Å²) in [6.07, 6.45) is -15.1. The zero-order valence-electron chi connectivity index (χ0n) is 19.6. The minimum atomic E-state index is -5.30. The van der Waals surface area contributed by atoms with Gasteiger partial charge in [-0.25, -0.2) is 9.18 Å². The molecule has 4 nitrogen and oxygen atoms in total. The van der Waals surface area contributed by atoms with Gasteiger partial charge in [0.25, 0.3) is 0 Å². The highest BCUT2D eigenvalue weighted by molar-refractivity contribution is 9.11. The second kappa shape index (κ2) is 12.7. The highest BCUT2D eigenvalue weighted by atomic mass is 79.9. The predicted octanol–water partition coefficient (Wildman–Crippen LogP) is 8.93. The highest BCUT2D eigenvalue weighted by Gasteiger charge is 2.41. The van der Waals surface area contributed by atoms with Crippen LogP contribution in [0.25, 0.3) is 5.83 Å². The van der Waals surface area contributed by atoms with E-state index in [-0.39, 0.29) is 26.1 Å². The van der Waals surface area contributed by atoms with Crippen LogP contribution < -0.4 is 5.32 Å². The first-order chi connectivity index (χ1) is 18.1. The number of carbonyl (C=O) groups excluding carboxylic acids is 2. The number of nitrogens with zero attached hydrogens (tertiary/aromatic N) is 1. The van der Waals surface area contributed by atoms with Gasteiger partial charge in [-0.3, -0.25) is 4.79 Å². The molecule has 0 heterocycles. The van der Waals surface area contributed by atoms with Gasteiger partial charge in [-0.2, -0.15) is 39.5 Å². The molecular formula is C23H15Br2ClF10N2O2. The third-order valence-corrected chi connectivity index (χ3v) is 7.21. The van der Waals surface area contributed by atoms with E-state index in [0.717, 1.165) is 19.2 Å². The largest absolute Gasteiger partial charge is 0.417 e. The second-order valence-electron chi connectivity index (χ2n) is 8.14. The third kappa shape index (κ3) is 9.09. The number of urea groups is 1. The molecule has 0 bridgehead atoms. The van der Waals surface area contributed by atoms with E-state index in [2.05, 4.69) is 31.9 Å². The number of carbonyl (C=O) groups is 2. The summed E-state index contributed by atoms with van der Waals surface area (Å²) < 4.78 is 134. The van der Waals surface area contributed by atoms with Crippen molar-refractivity contribution in [3.63, 3.8) is 0 Å². The van der Waals surface area contributed by atoms with Gasteiger partial charge in [0.2, 0.25) is 0 Å². The molecule has 0 aliphatic rings. The van der Waals surface area contributed by atoms with Crippen LogP contribution in [0.5, 0.6) is 0 Å². The number of hydrogen-bond donors (Lipinski definition) is 1. The third-order valence-electron chi connectivity index (χ3n) is 5.10. The molecular weight excluding hydrogens is 722 g/mol. The Kier molecular flexibility index (Phi) is 10.7. The maximum atomic E-state index is 15.0. The van der Waals surface area contributed by atoms with Crippen molar-refractivity contribution < 1.29 is 53.5 Å². The summed E-state index contributed by atoms with van der Waals surface area (Å²) in [5.41, 5.74) is -4.26. The van der Waals surface area contributed by atoms with Crippen LogP contribution in [-0.4, -0.2) is 49.2 Å². The fourth-order valence-electron chi connectivity index (χ4n) is 3.23. The van der Waals surface area contributed by atoms with E-state index in [4.69, 9.17) is 11.6 Å². The van der Waals surface area contributed by atoms with Crippen molar-refractivity contribution in [1.82, 2.24) is 10.2 Å². The SMILES string of the molecule is CN(CC(=O)c1ccc(/C(F)=C/C(c2cc(Br)c(Cl)c(Br)c2)C(F)(F)F)cc1C(F)(F)F)C(=O)NCC(F)(F)F. The number of allylic oxidation sites excluding steroid dienone is 1. The molecule has 0 fully saturated rings. The Bertz CT molecular complexity index is 1290. The van der Waals surface area contributed by atoms with Crippen LogP contribution in [0.15, 0.2) is 45.4 Å². The van der Waals surface area contributed by atoms with Crippen LogP contribution >= 0.6 is 43.5 Å². The fraction of sp³-hybridized carbons (Fsp3) is 0.304. The topological polar surface area (TPSA) is 49.4 Å². The lowest BCUT2D eigenvalue weighted by Gasteiger charge is -2.20. The van der Waals surface area contributed by atoms with Gasteiger partial charge in [0, 0.05) is 27.1 Å². The Morgan fingerprint density at radius 1 is 1.00 bits per heavy atom. The molecule has 2 amide bonds. The number of alkyl halides is 9. The van der Waals surface area contributed by atoms with Gasteiger partial charge >= 0.3 is 24.6 Å². The molecule has 1 N–H and O–H groups in total. The lowest BCUT2D eigenvalue weighted by atomic mass is 9.95. The number of ketones is 1. The van der Waals surface area contributed by atoms with E-state index in [1.54, 1.807) is 0 Å². The van der Waals surface area contributed by atoms with Gasteiger partial charge < -0.3 is 10.2 Å². The quantitative estimate of drug-likeness (QED) is 0.176. The molecule has 2 rings (SSSR count). The Morgan fingerprint density at radius 3 is 2.02 bits per heavy atom. The molecule has 0 saturated heterocycles. The average molecular weight is 737 g/mol. The highest BCUT2D eigenvalue weighted by Crippen LogP contribution is 2.43. The van der Waals surface area contributed by atoms with E-state index < -0.39 is 77.4 Å². The molecule has 0 radical (unpaired) electrons. The zero-order valence-corrected chi connectivity index (χ0v) is 23.6. The summed E-state index contributed by atoms with van der Waals surface area (Å²) >= 11 is 11.8. The number of amides is 2. The van der Waals surface area contributed by atoms with E-state index in [9.17, 15) is 53.5 Å². The number of rotatable bonds is 7. The first-order valence-electron chi connectivity index (χ1n) is 10.5. The summed E-state index contributed by atoms with van der Waals surface area (Å²) in [7, 11) is 0.846. The predicted molar refractivity (Wildman–Crippen MR) is 133 cm³/mol.